The Morgan fingerprint density at radius 2 is 1.74 bits per heavy atom. The zero-order chi connectivity index (χ0) is 22.6. The highest BCUT2D eigenvalue weighted by atomic mass is 35.5. The maximum Gasteiger partial charge on any atom is 0.416 e. The maximum absolute atomic E-state index is 12.8. The average Bonchev–Trinajstić information content (AvgIpc) is 2.72. The zero-order valence-corrected chi connectivity index (χ0v) is 17.2. The molecule has 0 aliphatic carbocycles. The topological polar surface area (TPSA) is 44.8 Å². The third-order valence-electron chi connectivity index (χ3n) is 4.26. The van der Waals surface area contributed by atoms with Crippen LogP contribution in [0.5, 0.6) is 17.2 Å². The van der Waals surface area contributed by atoms with Gasteiger partial charge in [0.1, 0.15) is 23.9 Å². The lowest BCUT2D eigenvalue weighted by Gasteiger charge is -2.14. The second-order valence-corrected chi connectivity index (χ2v) is 7.00. The second-order valence-electron chi connectivity index (χ2n) is 6.59. The van der Waals surface area contributed by atoms with Crippen LogP contribution in [0.15, 0.2) is 67.3 Å². The normalized spacial score (nSPS) is 12.3. The molecule has 0 saturated carbocycles. The Labute approximate surface area is 181 Å². The summed E-state index contributed by atoms with van der Waals surface area (Å²) in [7, 11) is 0. The third-order valence-corrected chi connectivity index (χ3v) is 4.55. The van der Waals surface area contributed by atoms with Crippen LogP contribution in [0.1, 0.15) is 12.5 Å². The molecule has 0 heterocycles. The van der Waals surface area contributed by atoms with Gasteiger partial charge in [-0.2, -0.15) is 13.2 Å². The smallest absolute Gasteiger partial charge is 0.416 e. The van der Waals surface area contributed by atoms with Gasteiger partial charge in [-0.1, -0.05) is 36.4 Å². The van der Waals surface area contributed by atoms with Crippen LogP contribution in [0.25, 0.3) is 10.8 Å². The Hall–Kier alpha value is -3.19. The molecule has 0 aliphatic heterocycles. The van der Waals surface area contributed by atoms with E-state index in [-0.39, 0.29) is 17.4 Å². The minimum atomic E-state index is -4.49. The van der Waals surface area contributed by atoms with Crippen molar-refractivity contribution in [3.05, 3.63) is 77.8 Å². The van der Waals surface area contributed by atoms with E-state index in [9.17, 15) is 18.0 Å². The maximum atomic E-state index is 12.8. The number of rotatable bonds is 7. The molecule has 1 atom stereocenters. The van der Waals surface area contributed by atoms with Gasteiger partial charge in [0.05, 0.1) is 10.6 Å². The molecule has 0 spiro atoms. The highest BCUT2D eigenvalue weighted by molar-refractivity contribution is 6.32. The standard InChI is InChI=1S/C23H18ClF3O4/c1-3-10-29-22(28)14(2)30-18-7-4-15-5-8-19(12-16(15)11-18)31-21-9-6-17(13-20(21)24)23(25,26)27/h3-9,11-14H,1,10H2,2H3/t14-/m1/s1. The molecule has 0 radical (unpaired) electrons. The molecule has 0 unspecified atom stereocenters. The summed E-state index contributed by atoms with van der Waals surface area (Å²) in [6, 6.07) is 13.3. The number of esters is 1. The van der Waals surface area contributed by atoms with Crippen molar-refractivity contribution in [2.45, 2.75) is 19.2 Å². The molecule has 3 aromatic carbocycles. The molecule has 3 aromatic rings. The minimum Gasteiger partial charge on any atom is -0.479 e. The van der Waals surface area contributed by atoms with Gasteiger partial charge >= 0.3 is 12.1 Å². The predicted molar refractivity (Wildman–Crippen MR) is 112 cm³/mol. The molecule has 0 aromatic heterocycles. The largest absolute Gasteiger partial charge is 0.479 e. The van der Waals surface area contributed by atoms with Crippen molar-refractivity contribution in [3.8, 4) is 17.2 Å². The number of alkyl halides is 3. The van der Waals surface area contributed by atoms with Crippen molar-refractivity contribution in [1.29, 1.82) is 0 Å². The van der Waals surface area contributed by atoms with Crippen molar-refractivity contribution < 1.29 is 32.2 Å². The van der Waals surface area contributed by atoms with Crippen LogP contribution >= 0.6 is 11.6 Å². The number of carbonyl (C=O) groups is 1. The van der Waals surface area contributed by atoms with E-state index in [1.807, 2.05) is 0 Å². The second kappa shape index (κ2) is 9.31. The van der Waals surface area contributed by atoms with Crippen LogP contribution in [-0.4, -0.2) is 18.7 Å². The van der Waals surface area contributed by atoms with Gasteiger partial charge in [0.15, 0.2) is 6.10 Å². The quantitative estimate of drug-likeness (QED) is 0.293. The SMILES string of the molecule is C=CCOC(=O)[C@@H](C)Oc1ccc2ccc(Oc3ccc(C(F)(F)F)cc3Cl)cc2c1. The molecule has 0 N–H and O–H groups in total. The van der Waals surface area contributed by atoms with Crippen molar-refractivity contribution >= 4 is 28.3 Å². The van der Waals surface area contributed by atoms with E-state index in [1.165, 1.54) is 12.1 Å². The molecule has 4 nitrogen and oxygen atoms in total. The first-order valence-corrected chi connectivity index (χ1v) is 9.58. The van der Waals surface area contributed by atoms with Gasteiger partial charge in [0, 0.05) is 0 Å². The molecule has 162 valence electrons. The number of benzene rings is 3. The van der Waals surface area contributed by atoms with Gasteiger partial charge in [-0.25, -0.2) is 4.79 Å². The van der Waals surface area contributed by atoms with Crippen LogP contribution in [0, 0.1) is 0 Å². The number of hydrogen-bond acceptors (Lipinski definition) is 4. The minimum absolute atomic E-state index is 0.0947. The van der Waals surface area contributed by atoms with Crippen LogP contribution in [0.2, 0.25) is 5.02 Å². The fourth-order valence-electron chi connectivity index (χ4n) is 2.74. The Morgan fingerprint density at radius 3 is 2.39 bits per heavy atom. The van der Waals surface area contributed by atoms with Gasteiger partial charge in [0.2, 0.25) is 0 Å². The lowest BCUT2D eigenvalue weighted by Crippen LogP contribution is -2.26. The van der Waals surface area contributed by atoms with Crippen LogP contribution < -0.4 is 9.47 Å². The summed E-state index contributed by atoms with van der Waals surface area (Å²) in [6.45, 7) is 5.15. The monoisotopic (exact) mass is 450 g/mol. The molecule has 0 saturated heterocycles. The Morgan fingerprint density at radius 1 is 1.06 bits per heavy atom. The van der Waals surface area contributed by atoms with Gasteiger partial charge in [-0.15, -0.1) is 0 Å². The Kier molecular flexibility index (Phi) is 6.75. The predicted octanol–water partition coefficient (Wildman–Crippen LogP) is 6.80. The van der Waals surface area contributed by atoms with Crippen molar-refractivity contribution in [2.24, 2.45) is 0 Å². The number of hydrogen-bond donors (Lipinski definition) is 0. The first kappa shape index (κ1) is 22.5. The van der Waals surface area contributed by atoms with E-state index in [2.05, 4.69) is 6.58 Å². The molecule has 8 heteroatoms. The van der Waals surface area contributed by atoms with Gasteiger partial charge in [0.25, 0.3) is 0 Å². The summed E-state index contributed by atoms with van der Waals surface area (Å²) in [5.74, 6) is 0.402. The summed E-state index contributed by atoms with van der Waals surface area (Å²) in [6.07, 6.45) is -3.84. The average molecular weight is 451 g/mol. The van der Waals surface area contributed by atoms with Crippen molar-refractivity contribution in [1.82, 2.24) is 0 Å². The molecule has 0 amide bonds. The summed E-state index contributed by atoms with van der Waals surface area (Å²) in [4.78, 5) is 11.8. The number of fused-ring (bicyclic) bond motifs is 1. The van der Waals surface area contributed by atoms with Crippen molar-refractivity contribution in [3.63, 3.8) is 0 Å². The van der Waals surface area contributed by atoms with Gasteiger partial charge < -0.3 is 14.2 Å². The van der Waals surface area contributed by atoms with Crippen molar-refractivity contribution in [2.75, 3.05) is 6.61 Å². The van der Waals surface area contributed by atoms with E-state index in [4.69, 9.17) is 25.8 Å². The van der Waals surface area contributed by atoms with Gasteiger partial charge in [-0.3, -0.25) is 0 Å². The summed E-state index contributed by atoms with van der Waals surface area (Å²) in [5, 5.41) is 1.46. The zero-order valence-electron chi connectivity index (χ0n) is 16.4. The van der Waals surface area contributed by atoms with E-state index in [0.29, 0.717) is 11.5 Å². The fraction of sp³-hybridized carbons (Fsp3) is 0.174. The lowest BCUT2D eigenvalue weighted by molar-refractivity contribution is -0.149. The highest BCUT2D eigenvalue weighted by Crippen LogP contribution is 2.37. The molecule has 0 aliphatic rings. The van der Waals surface area contributed by atoms with E-state index in [0.717, 1.165) is 22.9 Å². The lowest BCUT2D eigenvalue weighted by atomic mass is 10.1. The van der Waals surface area contributed by atoms with E-state index >= 15 is 0 Å². The Bertz CT molecular complexity index is 1110. The highest BCUT2D eigenvalue weighted by Gasteiger charge is 2.31. The molecular formula is C23H18ClF3O4. The first-order chi connectivity index (χ1) is 14.7. The van der Waals surface area contributed by atoms with E-state index in [1.54, 1.807) is 43.3 Å². The number of carbonyl (C=O) groups excluding carboxylic acids is 1. The van der Waals surface area contributed by atoms with Crippen LogP contribution in [0.4, 0.5) is 13.2 Å². The number of ether oxygens (including phenoxy) is 3. The number of halogens is 4. The van der Waals surface area contributed by atoms with E-state index < -0.39 is 23.8 Å². The van der Waals surface area contributed by atoms with Gasteiger partial charge in [-0.05, 0) is 60.2 Å². The Balaban J connectivity index is 1.79. The van der Waals surface area contributed by atoms with Crippen LogP contribution in [0.3, 0.4) is 0 Å². The third kappa shape index (κ3) is 5.70. The molecular weight excluding hydrogens is 433 g/mol. The summed E-state index contributed by atoms with van der Waals surface area (Å²) in [5.41, 5.74) is -0.856. The first-order valence-electron chi connectivity index (χ1n) is 9.20. The molecule has 0 bridgehead atoms. The molecule has 0 fully saturated rings. The summed E-state index contributed by atoms with van der Waals surface area (Å²) < 4.78 is 54.6. The molecule has 3 rings (SSSR count). The fourth-order valence-corrected chi connectivity index (χ4v) is 2.96. The molecule has 31 heavy (non-hydrogen) atoms. The summed E-state index contributed by atoms with van der Waals surface area (Å²) >= 11 is 5.96. The van der Waals surface area contributed by atoms with Crippen LogP contribution in [-0.2, 0) is 15.7 Å².